The highest BCUT2D eigenvalue weighted by Gasteiger charge is 2.40. The van der Waals surface area contributed by atoms with Crippen molar-refractivity contribution < 1.29 is 4.79 Å². The molecule has 0 spiro atoms. The second-order valence-corrected chi connectivity index (χ2v) is 5.86. The molecule has 1 unspecified atom stereocenters. The molecule has 19 heavy (non-hydrogen) atoms. The first-order chi connectivity index (χ1) is 9.06. The van der Waals surface area contributed by atoms with Crippen LogP contribution in [0.2, 0.25) is 0 Å². The summed E-state index contributed by atoms with van der Waals surface area (Å²) in [6, 6.07) is 7.80. The van der Waals surface area contributed by atoms with Crippen molar-refractivity contribution in [2.75, 3.05) is 26.2 Å². The summed E-state index contributed by atoms with van der Waals surface area (Å²) >= 11 is 3.54. The van der Waals surface area contributed by atoms with Gasteiger partial charge in [0.15, 0.2) is 0 Å². The Kier molecular flexibility index (Phi) is 4.60. The van der Waals surface area contributed by atoms with Gasteiger partial charge >= 0.3 is 0 Å². The van der Waals surface area contributed by atoms with Crippen molar-refractivity contribution in [1.29, 1.82) is 0 Å². The van der Waals surface area contributed by atoms with Crippen molar-refractivity contribution in [2.24, 2.45) is 5.73 Å². The SMILES string of the molecule is CC(C(N)=O)(c1ccccc1Br)N1CCCNCC1. The summed E-state index contributed by atoms with van der Waals surface area (Å²) in [6.45, 7) is 5.48. The van der Waals surface area contributed by atoms with E-state index in [1.54, 1.807) is 0 Å². The number of halogens is 1. The second-order valence-electron chi connectivity index (χ2n) is 5.01. The van der Waals surface area contributed by atoms with Crippen LogP contribution in [-0.4, -0.2) is 37.0 Å². The smallest absolute Gasteiger partial charge is 0.242 e. The summed E-state index contributed by atoms with van der Waals surface area (Å²) < 4.78 is 0.925. The number of hydrogen-bond donors (Lipinski definition) is 2. The van der Waals surface area contributed by atoms with E-state index in [9.17, 15) is 4.79 Å². The fourth-order valence-electron chi connectivity index (χ4n) is 2.61. The lowest BCUT2D eigenvalue weighted by Gasteiger charge is -2.39. The number of carbonyl (C=O) groups excluding carboxylic acids is 1. The van der Waals surface area contributed by atoms with E-state index in [1.165, 1.54) is 0 Å². The number of benzene rings is 1. The van der Waals surface area contributed by atoms with Crippen molar-refractivity contribution in [2.45, 2.75) is 18.9 Å². The van der Waals surface area contributed by atoms with Gasteiger partial charge in [-0.25, -0.2) is 0 Å². The minimum Gasteiger partial charge on any atom is -0.368 e. The van der Waals surface area contributed by atoms with Crippen LogP contribution in [0, 0.1) is 0 Å². The Morgan fingerprint density at radius 2 is 2.11 bits per heavy atom. The topological polar surface area (TPSA) is 58.4 Å². The van der Waals surface area contributed by atoms with E-state index in [0.717, 1.165) is 42.6 Å². The van der Waals surface area contributed by atoms with Gasteiger partial charge in [-0.3, -0.25) is 9.69 Å². The number of nitrogens with zero attached hydrogens (tertiary/aromatic N) is 1. The highest BCUT2D eigenvalue weighted by Crippen LogP contribution is 2.33. The van der Waals surface area contributed by atoms with Crippen molar-refractivity contribution >= 4 is 21.8 Å². The maximum Gasteiger partial charge on any atom is 0.242 e. The minimum atomic E-state index is -0.772. The normalized spacial score (nSPS) is 20.5. The average molecular weight is 326 g/mol. The zero-order chi connectivity index (χ0) is 13.9. The lowest BCUT2D eigenvalue weighted by Crippen LogP contribution is -2.54. The molecule has 4 nitrogen and oxygen atoms in total. The van der Waals surface area contributed by atoms with Crippen LogP contribution in [0.25, 0.3) is 0 Å². The monoisotopic (exact) mass is 325 g/mol. The molecule has 1 amide bonds. The third kappa shape index (κ3) is 2.83. The van der Waals surface area contributed by atoms with Crippen LogP contribution in [0.3, 0.4) is 0 Å². The van der Waals surface area contributed by atoms with E-state index in [1.807, 2.05) is 31.2 Å². The predicted molar refractivity (Wildman–Crippen MR) is 79.7 cm³/mol. The van der Waals surface area contributed by atoms with Crippen LogP contribution in [0.15, 0.2) is 28.7 Å². The van der Waals surface area contributed by atoms with Gasteiger partial charge in [-0.1, -0.05) is 34.1 Å². The molecule has 1 aromatic rings. The third-order valence-electron chi connectivity index (χ3n) is 3.85. The van der Waals surface area contributed by atoms with Gasteiger partial charge in [0.25, 0.3) is 0 Å². The van der Waals surface area contributed by atoms with E-state index in [-0.39, 0.29) is 5.91 Å². The molecule has 0 bridgehead atoms. The van der Waals surface area contributed by atoms with Gasteiger partial charge < -0.3 is 11.1 Å². The summed E-state index contributed by atoms with van der Waals surface area (Å²) in [5.41, 5.74) is 5.89. The van der Waals surface area contributed by atoms with Crippen LogP contribution in [0.1, 0.15) is 18.9 Å². The van der Waals surface area contributed by atoms with Crippen LogP contribution in [-0.2, 0) is 10.3 Å². The Morgan fingerprint density at radius 3 is 2.79 bits per heavy atom. The van der Waals surface area contributed by atoms with Gasteiger partial charge in [0.2, 0.25) is 5.91 Å². The molecule has 1 aliphatic heterocycles. The fourth-order valence-corrected chi connectivity index (χ4v) is 3.28. The molecule has 1 atom stereocenters. The number of carbonyl (C=O) groups is 1. The van der Waals surface area contributed by atoms with Crippen LogP contribution >= 0.6 is 15.9 Å². The van der Waals surface area contributed by atoms with Crippen molar-refractivity contribution in [1.82, 2.24) is 10.2 Å². The van der Waals surface area contributed by atoms with E-state index in [0.29, 0.717) is 0 Å². The number of primary amides is 1. The van der Waals surface area contributed by atoms with E-state index in [4.69, 9.17) is 5.73 Å². The number of hydrogen-bond acceptors (Lipinski definition) is 3. The highest BCUT2D eigenvalue weighted by molar-refractivity contribution is 9.10. The standard InChI is InChI=1S/C14H20BrN3O/c1-14(13(16)19,11-5-2-3-6-12(11)15)18-9-4-7-17-8-10-18/h2-3,5-6,17H,4,7-10H2,1H3,(H2,16,19). The van der Waals surface area contributed by atoms with Gasteiger partial charge in [0.05, 0.1) is 0 Å². The molecule has 1 aromatic carbocycles. The average Bonchev–Trinajstić information content (AvgIpc) is 2.67. The Balaban J connectivity index is 2.42. The quantitative estimate of drug-likeness (QED) is 0.884. The molecule has 0 radical (unpaired) electrons. The number of nitrogens with one attached hydrogen (secondary N) is 1. The van der Waals surface area contributed by atoms with Gasteiger partial charge in [0.1, 0.15) is 5.54 Å². The third-order valence-corrected chi connectivity index (χ3v) is 4.54. The minimum absolute atomic E-state index is 0.304. The molecule has 2 rings (SSSR count). The summed E-state index contributed by atoms with van der Waals surface area (Å²) in [5.74, 6) is -0.304. The van der Waals surface area contributed by atoms with Gasteiger partial charge in [-0.15, -0.1) is 0 Å². The van der Waals surface area contributed by atoms with Crippen LogP contribution in [0.4, 0.5) is 0 Å². The number of nitrogens with two attached hydrogens (primary N) is 1. The van der Waals surface area contributed by atoms with E-state index < -0.39 is 5.54 Å². The molecular weight excluding hydrogens is 306 g/mol. The molecule has 0 saturated carbocycles. The van der Waals surface area contributed by atoms with Crippen molar-refractivity contribution in [3.8, 4) is 0 Å². The maximum absolute atomic E-state index is 12.1. The predicted octanol–water partition coefficient (Wildman–Crippen LogP) is 1.44. The zero-order valence-corrected chi connectivity index (χ0v) is 12.7. The maximum atomic E-state index is 12.1. The molecule has 1 heterocycles. The first kappa shape index (κ1) is 14.5. The Labute approximate surface area is 122 Å². The Hall–Kier alpha value is -0.910. The molecule has 3 N–H and O–H groups in total. The number of amides is 1. The van der Waals surface area contributed by atoms with Gasteiger partial charge in [-0.2, -0.15) is 0 Å². The van der Waals surface area contributed by atoms with E-state index in [2.05, 4.69) is 26.1 Å². The Morgan fingerprint density at radius 1 is 1.37 bits per heavy atom. The highest BCUT2D eigenvalue weighted by atomic mass is 79.9. The molecule has 0 aliphatic carbocycles. The molecular formula is C14H20BrN3O. The summed E-state index contributed by atoms with van der Waals surface area (Å²) in [5, 5.41) is 3.35. The summed E-state index contributed by atoms with van der Waals surface area (Å²) in [4.78, 5) is 14.3. The van der Waals surface area contributed by atoms with Crippen LogP contribution in [0.5, 0.6) is 0 Å². The molecule has 1 aliphatic rings. The largest absolute Gasteiger partial charge is 0.368 e. The van der Waals surface area contributed by atoms with Gasteiger partial charge in [-0.05, 0) is 31.5 Å². The first-order valence-corrected chi connectivity index (χ1v) is 7.37. The zero-order valence-electron chi connectivity index (χ0n) is 11.2. The van der Waals surface area contributed by atoms with Gasteiger partial charge in [0, 0.05) is 24.1 Å². The van der Waals surface area contributed by atoms with E-state index >= 15 is 0 Å². The lowest BCUT2D eigenvalue weighted by molar-refractivity contribution is -0.130. The molecule has 1 saturated heterocycles. The summed E-state index contributed by atoms with van der Waals surface area (Å²) in [7, 11) is 0. The molecule has 104 valence electrons. The van der Waals surface area contributed by atoms with Crippen molar-refractivity contribution in [3.63, 3.8) is 0 Å². The molecule has 5 heteroatoms. The molecule has 0 aromatic heterocycles. The second kappa shape index (κ2) is 6.03. The first-order valence-electron chi connectivity index (χ1n) is 6.57. The number of rotatable bonds is 3. The lowest BCUT2D eigenvalue weighted by atomic mass is 9.89. The summed E-state index contributed by atoms with van der Waals surface area (Å²) in [6.07, 6.45) is 1.02. The fraction of sp³-hybridized carbons (Fsp3) is 0.500. The Bertz CT molecular complexity index is 458. The van der Waals surface area contributed by atoms with Crippen molar-refractivity contribution in [3.05, 3.63) is 34.3 Å². The molecule has 1 fully saturated rings. The van der Waals surface area contributed by atoms with Crippen LogP contribution < -0.4 is 11.1 Å².